The predicted octanol–water partition coefficient (Wildman–Crippen LogP) is 19.9. The van der Waals surface area contributed by atoms with E-state index in [-0.39, 0.29) is 12.5 Å². The highest BCUT2D eigenvalue weighted by Gasteiger charge is 2.18. The average molecular weight is 947 g/mol. The molecule has 394 valence electrons. The molecule has 0 saturated heterocycles. The SMILES string of the molecule is CC/C=C\C/C=C\C/C=C\C/C=C\C/C=C\C/C=C\CCCCCCC(=O)NC(CO)C(O)/C=C/CCCCCCCCCCCCCCCCCCCCCCCCCCCCCCCCC. The summed E-state index contributed by atoms with van der Waals surface area (Å²) in [4.78, 5) is 12.5. The maximum atomic E-state index is 12.5. The van der Waals surface area contributed by atoms with Crippen LogP contribution in [0.2, 0.25) is 0 Å². The number of nitrogens with one attached hydrogen (secondary N) is 1. The number of carbonyl (C=O) groups excluding carboxylic acids is 1. The molecule has 0 rings (SSSR count). The van der Waals surface area contributed by atoms with Crippen LogP contribution in [0.1, 0.15) is 296 Å². The lowest BCUT2D eigenvalue weighted by Crippen LogP contribution is -2.45. The van der Waals surface area contributed by atoms with Crippen molar-refractivity contribution in [1.29, 1.82) is 0 Å². The van der Waals surface area contributed by atoms with Crippen LogP contribution >= 0.6 is 0 Å². The summed E-state index contributed by atoms with van der Waals surface area (Å²) in [5.41, 5.74) is 0. The van der Waals surface area contributed by atoms with Gasteiger partial charge in [-0.15, -0.1) is 0 Å². The molecule has 3 N–H and O–H groups in total. The highest BCUT2D eigenvalue weighted by Crippen LogP contribution is 2.17. The fourth-order valence-electron chi connectivity index (χ4n) is 8.89. The van der Waals surface area contributed by atoms with Gasteiger partial charge in [0.05, 0.1) is 18.8 Å². The summed E-state index contributed by atoms with van der Waals surface area (Å²) in [7, 11) is 0. The van der Waals surface area contributed by atoms with E-state index in [4.69, 9.17) is 0 Å². The number of aliphatic hydroxyl groups excluding tert-OH is 2. The predicted molar refractivity (Wildman–Crippen MR) is 303 cm³/mol. The maximum Gasteiger partial charge on any atom is 0.220 e. The summed E-state index contributed by atoms with van der Waals surface area (Å²) in [6, 6.07) is -0.643. The van der Waals surface area contributed by atoms with Gasteiger partial charge in [-0.2, -0.15) is 0 Å². The van der Waals surface area contributed by atoms with Crippen LogP contribution in [0, 0.1) is 0 Å². The lowest BCUT2D eigenvalue weighted by Gasteiger charge is -2.20. The molecule has 0 aromatic carbocycles. The third-order valence-corrected chi connectivity index (χ3v) is 13.4. The van der Waals surface area contributed by atoms with Crippen LogP contribution < -0.4 is 5.32 Å². The first-order valence-corrected chi connectivity index (χ1v) is 29.8. The van der Waals surface area contributed by atoms with Gasteiger partial charge in [-0.05, 0) is 70.6 Å². The highest BCUT2D eigenvalue weighted by molar-refractivity contribution is 5.76. The molecule has 0 aromatic heterocycles. The number of rotatable bonds is 54. The minimum atomic E-state index is -0.858. The van der Waals surface area contributed by atoms with Gasteiger partial charge in [0.1, 0.15) is 0 Å². The van der Waals surface area contributed by atoms with Crippen molar-refractivity contribution >= 4 is 5.91 Å². The molecule has 2 unspecified atom stereocenters. The summed E-state index contributed by atoms with van der Waals surface area (Å²) < 4.78 is 0. The Kier molecular flexibility index (Phi) is 56.8. The molecule has 0 fully saturated rings. The van der Waals surface area contributed by atoms with E-state index in [2.05, 4.69) is 92.1 Å². The maximum absolute atomic E-state index is 12.5. The Morgan fingerprint density at radius 3 is 0.971 bits per heavy atom. The summed E-state index contributed by atoms with van der Waals surface area (Å²) in [5, 5.41) is 23.2. The Balaban J connectivity index is 3.52. The Bertz CT molecular complexity index is 1210. The zero-order valence-corrected chi connectivity index (χ0v) is 45.4. The van der Waals surface area contributed by atoms with Gasteiger partial charge in [0.2, 0.25) is 5.91 Å². The van der Waals surface area contributed by atoms with Crippen molar-refractivity contribution in [2.75, 3.05) is 6.61 Å². The number of carbonyl (C=O) groups is 1. The molecule has 0 spiro atoms. The molecule has 0 heterocycles. The third kappa shape index (κ3) is 54.5. The first kappa shape index (κ1) is 65.6. The molecule has 68 heavy (non-hydrogen) atoms. The molecule has 0 aromatic rings. The van der Waals surface area contributed by atoms with Gasteiger partial charge in [0.15, 0.2) is 0 Å². The quantitative estimate of drug-likeness (QED) is 0.0420. The molecule has 1 amide bonds. The molecular formula is C64H115NO3. The van der Waals surface area contributed by atoms with Crippen LogP contribution in [0.5, 0.6) is 0 Å². The minimum Gasteiger partial charge on any atom is -0.394 e. The molecular weight excluding hydrogens is 831 g/mol. The molecule has 4 heteroatoms. The Labute approximate surface area is 424 Å². The topological polar surface area (TPSA) is 69.6 Å². The van der Waals surface area contributed by atoms with Crippen molar-refractivity contribution in [2.24, 2.45) is 0 Å². The van der Waals surface area contributed by atoms with Crippen LogP contribution in [0.3, 0.4) is 0 Å². The van der Waals surface area contributed by atoms with Crippen molar-refractivity contribution in [3.05, 3.63) is 85.1 Å². The van der Waals surface area contributed by atoms with E-state index in [1.165, 1.54) is 193 Å². The number of hydrogen-bond donors (Lipinski definition) is 3. The van der Waals surface area contributed by atoms with Gasteiger partial charge < -0.3 is 15.5 Å². The Morgan fingerprint density at radius 1 is 0.368 bits per heavy atom. The fraction of sp³-hybridized carbons (Fsp3) is 0.766. The number of amides is 1. The van der Waals surface area contributed by atoms with E-state index >= 15 is 0 Å². The van der Waals surface area contributed by atoms with Gasteiger partial charge in [0.25, 0.3) is 0 Å². The molecule has 0 bridgehead atoms. The van der Waals surface area contributed by atoms with E-state index in [0.717, 1.165) is 83.5 Å². The number of allylic oxidation sites excluding steroid dienone is 13. The molecule has 2 atom stereocenters. The van der Waals surface area contributed by atoms with Gasteiger partial charge in [-0.25, -0.2) is 0 Å². The van der Waals surface area contributed by atoms with Gasteiger partial charge >= 0.3 is 0 Å². The Hall–Kier alpha value is -2.43. The second kappa shape index (κ2) is 58.9. The molecule has 0 aliphatic heterocycles. The Morgan fingerprint density at radius 2 is 0.647 bits per heavy atom. The lowest BCUT2D eigenvalue weighted by molar-refractivity contribution is -0.123. The molecule has 0 saturated carbocycles. The first-order chi connectivity index (χ1) is 33.7. The second-order valence-electron chi connectivity index (χ2n) is 20.0. The first-order valence-electron chi connectivity index (χ1n) is 29.8. The molecule has 0 aliphatic rings. The van der Waals surface area contributed by atoms with E-state index < -0.39 is 12.1 Å². The van der Waals surface area contributed by atoms with Crippen molar-refractivity contribution < 1.29 is 15.0 Å². The molecule has 4 nitrogen and oxygen atoms in total. The highest BCUT2D eigenvalue weighted by atomic mass is 16.3. The van der Waals surface area contributed by atoms with Gasteiger partial charge in [-0.1, -0.05) is 304 Å². The summed E-state index contributed by atoms with van der Waals surface area (Å²) in [5.74, 6) is -0.0883. The normalized spacial score (nSPS) is 13.4. The van der Waals surface area contributed by atoms with E-state index in [1.54, 1.807) is 6.08 Å². The van der Waals surface area contributed by atoms with Crippen molar-refractivity contribution in [3.63, 3.8) is 0 Å². The van der Waals surface area contributed by atoms with Gasteiger partial charge in [-0.3, -0.25) is 4.79 Å². The van der Waals surface area contributed by atoms with Crippen LogP contribution in [0.15, 0.2) is 85.1 Å². The van der Waals surface area contributed by atoms with Crippen LogP contribution in [-0.4, -0.2) is 34.9 Å². The van der Waals surface area contributed by atoms with Crippen LogP contribution in [0.4, 0.5) is 0 Å². The number of hydrogen-bond acceptors (Lipinski definition) is 3. The fourth-order valence-corrected chi connectivity index (χ4v) is 8.89. The summed E-state index contributed by atoms with van der Waals surface area (Å²) >= 11 is 0. The summed E-state index contributed by atoms with van der Waals surface area (Å²) in [6.07, 6.45) is 86.2. The minimum absolute atomic E-state index is 0.0883. The zero-order chi connectivity index (χ0) is 49.2. The van der Waals surface area contributed by atoms with Crippen LogP contribution in [-0.2, 0) is 4.79 Å². The standard InChI is InChI=1S/C64H115NO3/c1-3-5-7-9-11-13-15-17-19-21-23-25-27-28-29-30-31-32-33-34-35-36-38-39-41-43-45-47-49-51-53-55-57-59-63(67)62(61-66)65-64(68)60-58-56-54-52-50-48-46-44-42-40-37-26-24-22-20-18-16-14-12-10-8-6-4-2/h6,8,12,14,18,20,24,26,40,42,46,48,57,59,62-63,66-67H,3-5,7,9-11,13,15-17,19,21-23,25,27-39,41,43-45,47,49-56,58,60-61H2,1-2H3,(H,65,68)/b8-6-,14-12-,20-18-,26-24-,42-40-,48-46-,59-57+. The molecule has 0 radical (unpaired) electrons. The second-order valence-corrected chi connectivity index (χ2v) is 20.0. The van der Waals surface area contributed by atoms with Crippen molar-refractivity contribution in [3.8, 4) is 0 Å². The van der Waals surface area contributed by atoms with Gasteiger partial charge in [0, 0.05) is 6.42 Å². The molecule has 0 aliphatic carbocycles. The van der Waals surface area contributed by atoms with E-state index in [0.29, 0.717) is 6.42 Å². The largest absolute Gasteiger partial charge is 0.394 e. The number of aliphatic hydroxyl groups is 2. The van der Waals surface area contributed by atoms with Crippen LogP contribution in [0.25, 0.3) is 0 Å². The smallest absolute Gasteiger partial charge is 0.220 e. The monoisotopic (exact) mass is 946 g/mol. The van der Waals surface area contributed by atoms with Crippen molar-refractivity contribution in [2.45, 2.75) is 309 Å². The van der Waals surface area contributed by atoms with E-state index in [1.807, 2.05) is 6.08 Å². The lowest BCUT2D eigenvalue weighted by atomic mass is 10.0. The average Bonchev–Trinajstić information content (AvgIpc) is 3.34. The van der Waals surface area contributed by atoms with Crippen molar-refractivity contribution in [1.82, 2.24) is 5.32 Å². The number of unbranched alkanes of at least 4 members (excludes halogenated alkanes) is 35. The third-order valence-electron chi connectivity index (χ3n) is 13.4. The zero-order valence-electron chi connectivity index (χ0n) is 45.4. The summed E-state index contributed by atoms with van der Waals surface area (Å²) in [6.45, 7) is 4.20. The van der Waals surface area contributed by atoms with E-state index in [9.17, 15) is 15.0 Å².